The van der Waals surface area contributed by atoms with Gasteiger partial charge in [-0.25, -0.2) is 0 Å². The minimum Gasteiger partial charge on any atom is -0.495 e. The summed E-state index contributed by atoms with van der Waals surface area (Å²) >= 11 is 1.44. The highest BCUT2D eigenvalue weighted by Crippen LogP contribution is 2.35. The Bertz CT molecular complexity index is 1170. The smallest absolute Gasteiger partial charge is 0.255 e. The van der Waals surface area contributed by atoms with E-state index in [9.17, 15) is 9.59 Å². The molecule has 8 heteroatoms. The van der Waals surface area contributed by atoms with Crippen molar-refractivity contribution in [1.29, 1.82) is 0 Å². The largest absolute Gasteiger partial charge is 0.495 e. The van der Waals surface area contributed by atoms with Gasteiger partial charge in [-0.1, -0.05) is 12.1 Å². The number of benzene rings is 3. The highest BCUT2D eigenvalue weighted by molar-refractivity contribution is 8.00. The molecule has 0 unspecified atom stereocenters. The molecule has 0 saturated heterocycles. The second-order valence-corrected chi connectivity index (χ2v) is 9.05. The van der Waals surface area contributed by atoms with Crippen LogP contribution in [0.1, 0.15) is 23.7 Å². The Morgan fingerprint density at radius 2 is 1.68 bits per heavy atom. The van der Waals surface area contributed by atoms with Crippen LogP contribution < -0.4 is 24.8 Å². The lowest BCUT2D eigenvalue weighted by atomic mass is 10.2. The first-order valence-electron chi connectivity index (χ1n) is 10.9. The van der Waals surface area contributed by atoms with Crippen LogP contribution in [0.15, 0.2) is 71.6 Å². The second kappa shape index (κ2) is 11.0. The topological polar surface area (TPSA) is 85.9 Å². The highest BCUT2D eigenvalue weighted by atomic mass is 32.2. The number of rotatable bonds is 7. The van der Waals surface area contributed by atoms with Crippen molar-refractivity contribution in [3.63, 3.8) is 0 Å². The van der Waals surface area contributed by atoms with Gasteiger partial charge in [-0.2, -0.15) is 0 Å². The van der Waals surface area contributed by atoms with Crippen LogP contribution in [0.2, 0.25) is 0 Å². The number of methoxy groups -OCH3 is 1. The Balaban J connectivity index is 1.34. The predicted octanol–water partition coefficient (Wildman–Crippen LogP) is 5.23. The van der Waals surface area contributed by atoms with Crippen LogP contribution in [-0.2, 0) is 4.79 Å². The van der Waals surface area contributed by atoms with Gasteiger partial charge in [0.2, 0.25) is 5.91 Å². The maximum absolute atomic E-state index is 12.7. The first-order valence-corrected chi connectivity index (χ1v) is 11.8. The Kier molecular flexibility index (Phi) is 7.59. The van der Waals surface area contributed by atoms with Crippen LogP contribution in [0.4, 0.5) is 11.4 Å². The van der Waals surface area contributed by atoms with Gasteiger partial charge in [0.05, 0.1) is 31.3 Å². The van der Waals surface area contributed by atoms with E-state index in [4.69, 9.17) is 14.2 Å². The summed E-state index contributed by atoms with van der Waals surface area (Å²) in [5, 5.41) is 5.40. The van der Waals surface area contributed by atoms with Crippen molar-refractivity contribution in [1.82, 2.24) is 0 Å². The van der Waals surface area contributed by atoms with Crippen LogP contribution >= 0.6 is 11.8 Å². The third-order valence-electron chi connectivity index (χ3n) is 5.17. The molecule has 0 saturated carbocycles. The molecule has 0 aliphatic carbocycles. The molecule has 2 amide bonds. The van der Waals surface area contributed by atoms with Crippen molar-refractivity contribution in [2.24, 2.45) is 0 Å². The fourth-order valence-electron chi connectivity index (χ4n) is 3.37. The summed E-state index contributed by atoms with van der Waals surface area (Å²) in [5.74, 6) is 1.62. The van der Waals surface area contributed by atoms with E-state index in [1.54, 1.807) is 43.5 Å². The molecular formula is C26H26N2O5S. The molecule has 4 rings (SSSR count). The Labute approximate surface area is 202 Å². The van der Waals surface area contributed by atoms with Crippen molar-refractivity contribution in [2.45, 2.75) is 23.5 Å². The van der Waals surface area contributed by atoms with E-state index in [1.807, 2.05) is 37.3 Å². The number of anilines is 2. The maximum Gasteiger partial charge on any atom is 0.255 e. The second-order valence-electron chi connectivity index (χ2n) is 7.64. The third-order valence-corrected chi connectivity index (χ3v) is 6.26. The van der Waals surface area contributed by atoms with Crippen LogP contribution in [-0.4, -0.2) is 37.4 Å². The van der Waals surface area contributed by atoms with Gasteiger partial charge in [0.1, 0.15) is 5.75 Å². The molecule has 1 aliphatic rings. The molecule has 0 radical (unpaired) electrons. The normalized spacial score (nSPS) is 13.4. The lowest BCUT2D eigenvalue weighted by molar-refractivity contribution is -0.115. The maximum atomic E-state index is 12.7. The van der Waals surface area contributed by atoms with E-state index in [0.29, 0.717) is 41.7 Å². The van der Waals surface area contributed by atoms with E-state index < -0.39 is 0 Å². The van der Waals surface area contributed by atoms with Crippen LogP contribution in [0.25, 0.3) is 0 Å². The van der Waals surface area contributed by atoms with E-state index >= 15 is 0 Å². The standard InChI is InChI=1S/C26H26N2O5S/c1-17(34-20-12-13-23-24(16-20)33-15-5-14-32-23)25(29)27-19-10-8-18(9-11-19)26(30)28-21-6-3-4-7-22(21)31-2/h3-4,6-13,16-17H,5,14-15H2,1-2H3,(H,27,29)(H,28,30)/t17-/m0/s1. The summed E-state index contributed by atoms with van der Waals surface area (Å²) in [6.07, 6.45) is 0.844. The summed E-state index contributed by atoms with van der Waals surface area (Å²) in [7, 11) is 1.55. The van der Waals surface area contributed by atoms with Gasteiger partial charge >= 0.3 is 0 Å². The number of para-hydroxylation sites is 2. The SMILES string of the molecule is COc1ccccc1NC(=O)c1ccc(NC(=O)[C@H](C)Sc2ccc3c(c2)OCCCO3)cc1. The van der Waals surface area contributed by atoms with Crippen molar-refractivity contribution in [3.8, 4) is 17.2 Å². The van der Waals surface area contributed by atoms with E-state index in [-0.39, 0.29) is 17.1 Å². The number of nitrogens with one attached hydrogen (secondary N) is 2. The van der Waals surface area contributed by atoms with Crippen LogP contribution in [0.5, 0.6) is 17.2 Å². The summed E-state index contributed by atoms with van der Waals surface area (Å²) in [5.41, 5.74) is 1.68. The van der Waals surface area contributed by atoms with E-state index in [0.717, 1.165) is 17.1 Å². The molecule has 1 heterocycles. The van der Waals surface area contributed by atoms with Gasteiger partial charge < -0.3 is 24.8 Å². The summed E-state index contributed by atoms with van der Waals surface area (Å²) in [6, 6.07) is 19.7. The minimum atomic E-state index is -0.335. The minimum absolute atomic E-state index is 0.136. The monoisotopic (exact) mass is 478 g/mol. The molecular weight excluding hydrogens is 452 g/mol. The Morgan fingerprint density at radius 3 is 2.44 bits per heavy atom. The van der Waals surface area contributed by atoms with E-state index in [1.165, 1.54) is 11.8 Å². The van der Waals surface area contributed by atoms with Crippen LogP contribution in [0, 0.1) is 0 Å². The van der Waals surface area contributed by atoms with Gasteiger partial charge in [-0.3, -0.25) is 9.59 Å². The van der Waals surface area contributed by atoms with Crippen LogP contribution in [0.3, 0.4) is 0 Å². The quantitative estimate of drug-likeness (QED) is 0.453. The van der Waals surface area contributed by atoms with Gasteiger partial charge in [0.25, 0.3) is 5.91 Å². The van der Waals surface area contributed by atoms with Crippen molar-refractivity contribution in [3.05, 3.63) is 72.3 Å². The molecule has 2 N–H and O–H groups in total. The molecule has 7 nitrogen and oxygen atoms in total. The summed E-state index contributed by atoms with van der Waals surface area (Å²) in [4.78, 5) is 26.2. The number of hydrogen-bond acceptors (Lipinski definition) is 6. The number of carbonyl (C=O) groups is 2. The lowest BCUT2D eigenvalue weighted by Gasteiger charge is -2.14. The molecule has 3 aromatic carbocycles. The summed E-state index contributed by atoms with van der Waals surface area (Å²) < 4.78 is 16.7. The van der Waals surface area contributed by atoms with Gasteiger partial charge in [0, 0.05) is 22.6 Å². The first kappa shape index (κ1) is 23.5. The zero-order valence-electron chi connectivity index (χ0n) is 19.0. The number of fused-ring (bicyclic) bond motifs is 1. The Hall–Kier alpha value is -3.65. The Morgan fingerprint density at radius 1 is 0.941 bits per heavy atom. The fraction of sp³-hybridized carbons (Fsp3) is 0.231. The molecule has 34 heavy (non-hydrogen) atoms. The van der Waals surface area contributed by atoms with Crippen molar-refractivity contribution in [2.75, 3.05) is 31.0 Å². The molecule has 3 aromatic rings. The highest BCUT2D eigenvalue weighted by Gasteiger charge is 2.17. The molecule has 0 bridgehead atoms. The number of ether oxygens (including phenoxy) is 3. The lowest BCUT2D eigenvalue weighted by Crippen LogP contribution is -2.22. The number of thioether (sulfide) groups is 1. The first-order chi connectivity index (χ1) is 16.5. The fourth-order valence-corrected chi connectivity index (χ4v) is 4.26. The molecule has 1 aliphatic heterocycles. The average Bonchev–Trinajstić information content (AvgIpc) is 3.10. The predicted molar refractivity (Wildman–Crippen MR) is 133 cm³/mol. The average molecular weight is 479 g/mol. The van der Waals surface area contributed by atoms with Gasteiger partial charge in [-0.15, -0.1) is 11.8 Å². The third kappa shape index (κ3) is 5.82. The van der Waals surface area contributed by atoms with Crippen molar-refractivity contribution >= 4 is 35.0 Å². The zero-order valence-corrected chi connectivity index (χ0v) is 19.8. The zero-order chi connectivity index (χ0) is 23.9. The molecule has 1 atom stereocenters. The number of amides is 2. The molecule has 176 valence electrons. The van der Waals surface area contributed by atoms with E-state index in [2.05, 4.69) is 10.6 Å². The van der Waals surface area contributed by atoms with Gasteiger partial charge in [0.15, 0.2) is 11.5 Å². The molecule has 0 spiro atoms. The number of hydrogen-bond donors (Lipinski definition) is 2. The van der Waals surface area contributed by atoms with Gasteiger partial charge in [-0.05, 0) is 61.5 Å². The molecule has 0 fully saturated rings. The summed E-state index contributed by atoms with van der Waals surface area (Å²) in [6.45, 7) is 3.10. The molecule has 0 aromatic heterocycles. The number of carbonyl (C=O) groups excluding carboxylic acids is 2. The van der Waals surface area contributed by atoms with Crippen molar-refractivity contribution < 1.29 is 23.8 Å².